The Morgan fingerprint density at radius 3 is 2.47 bits per heavy atom. The number of aryl methyl sites for hydroxylation is 1. The SMILES string of the molecule is CNC(=O)C(CCC=O)N1C(=O)c2cccc(N3CCC(CC(=O)N4CCC(n5cc(-c6cnc(N)c7c(-c8ccc(NS(=O)C(F)F)c(OC(C)c9ccc(F)cc9)c8)nn(C)c67)cn5)CC4)C3)c2C1=O. The second-order valence-corrected chi connectivity index (χ2v) is 19.3. The van der Waals surface area contributed by atoms with Gasteiger partial charge in [-0.3, -0.25) is 38.2 Å². The molecule has 22 heteroatoms. The smallest absolute Gasteiger partial charge is 0.330 e. The third-order valence-corrected chi connectivity index (χ3v) is 14.4. The van der Waals surface area contributed by atoms with E-state index in [4.69, 9.17) is 20.7 Å². The average Bonchev–Trinajstić information content (AvgIpc) is 4.19. The molecule has 72 heavy (non-hydrogen) atoms. The number of nitrogen functional groups attached to an aromatic ring is 1. The van der Waals surface area contributed by atoms with Crippen molar-refractivity contribution in [3.05, 3.63) is 102 Å². The van der Waals surface area contributed by atoms with Crippen LogP contribution in [-0.2, 0) is 32.4 Å². The van der Waals surface area contributed by atoms with Crippen molar-refractivity contribution in [1.82, 2.24) is 39.7 Å². The number of nitrogens with zero attached hydrogens (tertiary/aromatic N) is 8. The second-order valence-electron chi connectivity index (χ2n) is 18.1. The topological polar surface area (TPSA) is 220 Å². The maximum atomic E-state index is 13.8. The van der Waals surface area contributed by atoms with Crippen molar-refractivity contribution >= 4 is 69.0 Å². The van der Waals surface area contributed by atoms with Crippen molar-refractivity contribution in [2.45, 2.75) is 69.4 Å². The number of ether oxygens (including phenoxy) is 1. The van der Waals surface area contributed by atoms with Gasteiger partial charge < -0.3 is 30.4 Å². The number of benzene rings is 3. The molecule has 3 aromatic carbocycles. The largest absolute Gasteiger partial charge is 0.484 e. The van der Waals surface area contributed by atoms with Crippen LogP contribution in [0.4, 0.5) is 30.4 Å². The van der Waals surface area contributed by atoms with Crippen LogP contribution in [0.25, 0.3) is 33.3 Å². The summed E-state index contributed by atoms with van der Waals surface area (Å²) in [6.07, 6.45) is 7.71. The number of carbonyl (C=O) groups excluding carboxylic acids is 5. The van der Waals surface area contributed by atoms with Gasteiger partial charge in [-0.15, -0.1) is 0 Å². The van der Waals surface area contributed by atoms with Crippen LogP contribution in [0.3, 0.4) is 0 Å². The molecule has 3 aromatic heterocycles. The minimum Gasteiger partial charge on any atom is -0.484 e. The Balaban J connectivity index is 0.861. The van der Waals surface area contributed by atoms with Crippen LogP contribution >= 0.6 is 0 Å². The molecule has 18 nitrogen and oxygen atoms in total. The molecule has 376 valence electrons. The zero-order valence-corrected chi connectivity index (χ0v) is 40.4. The number of amides is 4. The van der Waals surface area contributed by atoms with E-state index in [1.54, 1.807) is 73.5 Å². The molecule has 0 aliphatic carbocycles. The average molecular weight is 1010 g/mol. The first kappa shape index (κ1) is 49.4. The first-order chi connectivity index (χ1) is 34.6. The van der Waals surface area contributed by atoms with Crippen LogP contribution in [0.2, 0.25) is 0 Å². The molecule has 0 spiro atoms. The lowest BCUT2D eigenvalue weighted by Gasteiger charge is -2.32. The van der Waals surface area contributed by atoms with Gasteiger partial charge in [0.05, 0.1) is 45.6 Å². The highest BCUT2D eigenvalue weighted by Gasteiger charge is 2.45. The molecule has 4 atom stereocenters. The number of nitrogens with one attached hydrogen (secondary N) is 2. The van der Waals surface area contributed by atoms with Crippen LogP contribution < -0.4 is 25.4 Å². The Bertz CT molecular complexity index is 3100. The number of halogens is 3. The van der Waals surface area contributed by atoms with Gasteiger partial charge in [-0.25, -0.2) is 13.6 Å². The van der Waals surface area contributed by atoms with Gasteiger partial charge in [0.1, 0.15) is 41.5 Å². The number of likely N-dealkylation sites (tertiary alicyclic amines) is 1. The maximum Gasteiger partial charge on any atom is 0.330 e. The van der Waals surface area contributed by atoms with Crippen LogP contribution in [0.5, 0.6) is 5.75 Å². The van der Waals surface area contributed by atoms with Crippen LogP contribution in [-0.4, -0.2) is 113 Å². The van der Waals surface area contributed by atoms with E-state index in [0.717, 1.165) is 10.5 Å². The van der Waals surface area contributed by atoms with Crippen LogP contribution in [0, 0.1) is 11.7 Å². The molecule has 3 aliphatic rings. The summed E-state index contributed by atoms with van der Waals surface area (Å²) in [4.78, 5) is 74.4. The number of fused-ring (bicyclic) bond motifs is 2. The first-order valence-electron chi connectivity index (χ1n) is 23.5. The molecule has 4 N–H and O–H groups in total. The lowest BCUT2D eigenvalue weighted by Crippen LogP contribution is -2.48. The third kappa shape index (κ3) is 9.61. The van der Waals surface area contributed by atoms with Crippen molar-refractivity contribution in [2.24, 2.45) is 13.0 Å². The third-order valence-electron chi connectivity index (χ3n) is 13.7. The second kappa shape index (κ2) is 20.6. The Labute approximate surface area is 414 Å². The molecular formula is C50H52F3N11O7S. The molecule has 2 fully saturated rings. The predicted molar refractivity (Wildman–Crippen MR) is 263 cm³/mol. The number of alkyl halides is 2. The van der Waals surface area contributed by atoms with Gasteiger partial charge in [-0.2, -0.15) is 19.0 Å². The highest BCUT2D eigenvalue weighted by molar-refractivity contribution is 7.86. The molecule has 0 saturated carbocycles. The summed E-state index contributed by atoms with van der Waals surface area (Å²) in [7, 11) is 0.449. The molecule has 6 aromatic rings. The number of nitrogens with two attached hydrogens (primary N) is 1. The predicted octanol–water partition coefficient (Wildman–Crippen LogP) is 6.43. The molecule has 0 radical (unpaired) electrons. The fraction of sp³-hybridized carbons (Fsp3) is 0.360. The van der Waals surface area contributed by atoms with Crippen molar-refractivity contribution in [2.75, 3.05) is 48.6 Å². The Morgan fingerprint density at radius 2 is 1.75 bits per heavy atom. The summed E-state index contributed by atoms with van der Waals surface area (Å²) in [5, 5.41) is 12.6. The number of hydrogen-bond donors (Lipinski definition) is 3. The van der Waals surface area contributed by atoms with Crippen molar-refractivity contribution < 1.29 is 46.1 Å². The molecule has 0 bridgehead atoms. The fourth-order valence-corrected chi connectivity index (χ4v) is 10.5. The Morgan fingerprint density at radius 1 is 0.986 bits per heavy atom. The number of carbonyl (C=O) groups is 5. The molecule has 9 rings (SSSR count). The van der Waals surface area contributed by atoms with Crippen molar-refractivity contribution in [3.63, 3.8) is 0 Å². The van der Waals surface area contributed by atoms with Gasteiger partial charge in [0, 0.05) is 82.2 Å². The van der Waals surface area contributed by atoms with E-state index < -0.39 is 52.4 Å². The number of piperidine rings is 1. The van der Waals surface area contributed by atoms with Gasteiger partial charge in [0.15, 0.2) is 11.0 Å². The molecule has 3 aliphatic heterocycles. The lowest BCUT2D eigenvalue weighted by atomic mass is 10.0. The number of aromatic nitrogens is 5. The fourth-order valence-electron chi connectivity index (χ4n) is 10.00. The van der Waals surface area contributed by atoms with Crippen molar-refractivity contribution in [3.8, 4) is 28.1 Å². The lowest BCUT2D eigenvalue weighted by molar-refractivity contribution is -0.133. The highest BCUT2D eigenvalue weighted by atomic mass is 32.2. The minimum absolute atomic E-state index is 0.00720. The highest BCUT2D eigenvalue weighted by Crippen LogP contribution is 2.41. The zero-order valence-electron chi connectivity index (χ0n) is 39.6. The standard InChI is InChI=1S/C50H52F3N11O7S/c1-28(30-9-12-33(51)13-10-30)71-40-23-31(11-14-37(40)59-72(70)50(52)53)44-43-45(60(3)58-44)36(25-56-46(43)54)32-24-57-63(27-32)34-16-19-61(20-17-34)41(66)22-29-15-18-62(26-29)38-7-4-6-35-42(38)49(69)64(48(35)68)39(8-5-21-65)47(67)55-2/h4,6-7,9-14,21,23-25,27-29,34,39,50,59H,5,8,15-20,22,26H2,1-3H3,(H2,54,56)(H,55,67). The number of anilines is 3. The molecule has 4 unspecified atom stereocenters. The quantitative estimate of drug-likeness (QED) is 0.0665. The van der Waals surface area contributed by atoms with E-state index >= 15 is 0 Å². The first-order valence-corrected chi connectivity index (χ1v) is 24.7. The van der Waals surface area contributed by atoms with Gasteiger partial charge in [-0.1, -0.05) is 24.3 Å². The van der Waals surface area contributed by atoms with Gasteiger partial charge in [0.25, 0.3) is 11.8 Å². The Hall–Kier alpha value is -7.62. The monoisotopic (exact) mass is 1010 g/mol. The van der Waals surface area contributed by atoms with Gasteiger partial charge in [-0.05, 0) is 80.5 Å². The summed E-state index contributed by atoms with van der Waals surface area (Å²) in [5.74, 6) is -4.94. The molecule has 4 amide bonds. The van der Waals surface area contributed by atoms with Crippen LogP contribution in [0.15, 0.2) is 79.3 Å². The zero-order chi connectivity index (χ0) is 51.0. The summed E-state index contributed by atoms with van der Waals surface area (Å²) in [5.41, 5.74) is 11.3. The molecule has 6 heterocycles. The van der Waals surface area contributed by atoms with Gasteiger partial charge in [0.2, 0.25) is 11.8 Å². The molecule has 2 saturated heterocycles. The van der Waals surface area contributed by atoms with Crippen LogP contribution in [0.1, 0.15) is 83.9 Å². The number of rotatable bonds is 17. The van der Waals surface area contributed by atoms with E-state index in [-0.39, 0.29) is 59.1 Å². The van der Waals surface area contributed by atoms with Crippen molar-refractivity contribution in [1.29, 1.82) is 0 Å². The summed E-state index contributed by atoms with van der Waals surface area (Å²) in [6.45, 7) is 3.86. The van der Waals surface area contributed by atoms with E-state index in [0.29, 0.717) is 97.1 Å². The number of pyridine rings is 1. The van der Waals surface area contributed by atoms with E-state index in [9.17, 15) is 41.4 Å². The number of hydrogen-bond acceptors (Lipinski definition) is 12. The summed E-state index contributed by atoms with van der Waals surface area (Å²) < 4.78 is 64.8. The maximum absolute atomic E-state index is 13.8. The summed E-state index contributed by atoms with van der Waals surface area (Å²) >= 11 is 0. The minimum atomic E-state index is -3.16. The Kier molecular flexibility index (Phi) is 14.1. The summed E-state index contributed by atoms with van der Waals surface area (Å²) in [6, 6.07) is 14.3. The van der Waals surface area contributed by atoms with E-state index in [1.807, 2.05) is 20.7 Å². The number of likely N-dealkylation sites (N-methyl/N-ethyl adjacent to an activating group) is 1. The normalized spacial score (nSPS) is 17.4. The van der Waals surface area contributed by atoms with Gasteiger partial charge >= 0.3 is 5.76 Å². The molecular weight excluding hydrogens is 956 g/mol. The number of imide groups is 1. The number of aldehydes is 1. The van der Waals surface area contributed by atoms with E-state index in [2.05, 4.69) is 15.0 Å². The van der Waals surface area contributed by atoms with E-state index in [1.165, 1.54) is 25.2 Å².